The van der Waals surface area contributed by atoms with Gasteiger partial charge in [-0.2, -0.15) is 0 Å². The molecule has 0 radical (unpaired) electrons. The van der Waals surface area contributed by atoms with Crippen LogP contribution in [0.15, 0.2) is 48.5 Å². The second kappa shape index (κ2) is 65.4. The second-order valence-corrected chi connectivity index (χ2v) is 37.2. The van der Waals surface area contributed by atoms with Gasteiger partial charge in [-0.3, -0.25) is 0 Å². The van der Waals surface area contributed by atoms with Gasteiger partial charge in [0.25, 0.3) is 11.6 Å². The van der Waals surface area contributed by atoms with E-state index in [0.29, 0.717) is 241 Å². The molecule has 0 saturated carbocycles. The van der Waals surface area contributed by atoms with Crippen molar-refractivity contribution in [1.29, 1.82) is 0 Å². The van der Waals surface area contributed by atoms with Gasteiger partial charge < -0.3 is 105 Å². The number of ether oxygens (including phenoxy) is 20. The first-order valence-electron chi connectivity index (χ1n) is 53.6. The van der Waals surface area contributed by atoms with E-state index >= 15 is 0 Å². The molecule has 7 heterocycles. The summed E-state index contributed by atoms with van der Waals surface area (Å²) in [6.07, 6.45) is 51.9. The second-order valence-electron chi connectivity index (χ2n) is 37.2. The zero-order chi connectivity index (χ0) is 96.4. The smallest absolute Gasteiger partial charge is 0.251 e. The molecule has 7 aromatic rings. The fourth-order valence-corrected chi connectivity index (χ4v) is 18.3. The first kappa shape index (κ1) is 111. The van der Waals surface area contributed by atoms with E-state index in [1.165, 1.54) is 205 Å². The van der Waals surface area contributed by atoms with Crippen molar-refractivity contribution in [3.63, 3.8) is 0 Å². The average molecular weight is 1920 g/mol. The maximum atomic E-state index is 7.40. The lowest BCUT2D eigenvalue weighted by atomic mass is 9.98. The Morgan fingerprint density at radius 2 is 0.384 bits per heavy atom. The normalized spacial score (nSPS) is 13.3. The standard InChI is InChI=1S/C110H170N8O20/c1-9-13-17-21-25-29-33-37-41-45-49-109(50-46-42-38-34-30-26-22-18-14-10-2)135-97-81-89-90(82-98(97)136-109)106-114-102-86-78-94(132-74-70-128-66-62-124-58-54-120-6)96(134-76-72-130-68-64-126-60-56-122-8)80-88(86)104(112-102)116-108-92-84-100-99(137-110(138-100,51-47-43-39-35-31-27-23-19-15-11-3)52-48-44-40-36-32-28-24-20-16-12-4)83-91(92)107(118-108)115-103-87-79-95(133-75-71-129-67-63-125-59-55-121-7)93(77-85(87)101(111-103)113-105(89)117-106)131-73-69-127-65-61-123-57-53-119-5/h77-84H,9-76H2,1-8H3,(H2,111,112,113,114,115,116,117,118). The third-order valence-corrected chi connectivity index (χ3v) is 26.1. The molecule has 138 heavy (non-hydrogen) atoms. The molecule has 0 fully saturated rings. The van der Waals surface area contributed by atoms with Gasteiger partial charge in [0.1, 0.15) is 49.0 Å². The average Bonchev–Trinajstić information content (AvgIpc) is 1.58. The number of benzene rings is 4. The number of rotatable bonds is 84. The largest absolute Gasteiger partial charge is 0.487 e. The van der Waals surface area contributed by atoms with E-state index in [2.05, 4.69) is 61.9 Å². The summed E-state index contributed by atoms with van der Waals surface area (Å²) in [6.45, 7) is 17.8. The van der Waals surface area contributed by atoms with Crippen molar-refractivity contribution in [2.75, 3.05) is 187 Å². The van der Waals surface area contributed by atoms with E-state index in [4.69, 9.17) is 125 Å². The number of hydrogen-bond donors (Lipinski definition) is 2. The molecule has 770 valence electrons. The Morgan fingerprint density at radius 1 is 0.210 bits per heavy atom. The molecule has 4 aliphatic heterocycles. The van der Waals surface area contributed by atoms with Gasteiger partial charge in [-0.1, -0.05) is 259 Å². The lowest BCUT2D eigenvalue weighted by Gasteiger charge is -2.28. The molecule has 0 amide bonds. The lowest BCUT2D eigenvalue weighted by Crippen LogP contribution is -2.38. The molecule has 4 aliphatic rings. The summed E-state index contributed by atoms with van der Waals surface area (Å²) in [5.74, 6) is 3.88. The molecule has 2 N–H and O–H groups in total. The minimum atomic E-state index is -0.888. The number of aromatic amines is 2. The Bertz CT molecular complexity index is 4150. The number of hydrogen-bond acceptors (Lipinski definition) is 26. The number of fused-ring (bicyclic) bond motifs is 22. The van der Waals surface area contributed by atoms with Gasteiger partial charge >= 0.3 is 0 Å². The summed E-state index contributed by atoms with van der Waals surface area (Å²) in [7, 11) is 6.63. The van der Waals surface area contributed by atoms with Crippen LogP contribution in [0.3, 0.4) is 0 Å². The molecular formula is C110H170N8O20. The van der Waals surface area contributed by atoms with Crippen LogP contribution in [0, 0.1) is 0 Å². The van der Waals surface area contributed by atoms with Crippen LogP contribution >= 0.6 is 0 Å². The van der Waals surface area contributed by atoms with Gasteiger partial charge in [0.15, 0.2) is 69.3 Å². The van der Waals surface area contributed by atoms with Crippen LogP contribution in [-0.4, -0.2) is 238 Å². The summed E-state index contributed by atoms with van der Waals surface area (Å²) in [5.41, 5.74) is 4.34. The van der Waals surface area contributed by atoms with Gasteiger partial charge in [0, 0.05) is 97.9 Å². The first-order chi connectivity index (χ1) is 68.1. The SMILES string of the molecule is CCCCCCCCCCCCC1(CCCCCCCCCCCC)Oc2cc3c4nc5nc(nc6[nH]c(nc7nc(nc([nH]4)c3cc2O1)-c1cc(OCCOCCOCCOC)c(OCCOCCOCCOC)cc1-7)c1cc2c(cc61)OC(CCCCCCCCCCCC)(CCCCCCCCCCCC)O2)-c1cc(OCCOCCOCCOC)c(OCCOCCOCCOC)cc1-5. The Hall–Kier alpha value is -7.84. The number of nitrogens with one attached hydrogen (secondary N) is 2. The highest BCUT2D eigenvalue weighted by atomic mass is 16.7. The molecule has 0 aliphatic carbocycles. The summed E-state index contributed by atoms with van der Waals surface area (Å²) in [5, 5.41) is 2.87. The Balaban J connectivity index is 1.07. The maximum absolute atomic E-state index is 7.40. The number of methoxy groups -OCH3 is 4. The van der Waals surface area contributed by atoms with E-state index in [-0.39, 0.29) is 52.9 Å². The first-order valence-corrected chi connectivity index (χ1v) is 53.6. The number of H-pyrrole nitrogens is 2. The molecule has 3 aromatic heterocycles. The van der Waals surface area contributed by atoms with Crippen molar-refractivity contribution in [3.8, 4) is 91.5 Å². The molecule has 0 atom stereocenters. The molecule has 28 heteroatoms. The molecule has 8 bridgehead atoms. The molecular weight excluding hydrogens is 1750 g/mol. The van der Waals surface area contributed by atoms with Crippen LogP contribution in [0.25, 0.3) is 89.7 Å². The molecule has 0 spiro atoms. The zero-order valence-corrected chi connectivity index (χ0v) is 85.6. The van der Waals surface area contributed by atoms with Crippen LogP contribution in [0.5, 0.6) is 46.0 Å². The monoisotopic (exact) mass is 1920 g/mol. The summed E-state index contributed by atoms with van der Waals surface area (Å²) >= 11 is 0. The van der Waals surface area contributed by atoms with E-state index < -0.39 is 11.6 Å². The van der Waals surface area contributed by atoms with Crippen LogP contribution < -0.4 is 37.9 Å². The fourth-order valence-electron chi connectivity index (χ4n) is 18.3. The van der Waals surface area contributed by atoms with E-state index in [9.17, 15) is 0 Å². The molecule has 0 unspecified atom stereocenters. The third-order valence-electron chi connectivity index (χ3n) is 26.1. The summed E-state index contributed by atoms with van der Waals surface area (Å²) in [4.78, 5) is 41.3. The minimum absolute atomic E-state index is 0.179. The predicted molar refractivity (Wildman–Crippen MR) is 546 cm³/mol. The van der Waals surface area contributed by atoms with Crippen LogP contribution in [0.4, 0.5) is 0 Å². The Labute approximate surface area is 823 Å². The zero-order valence-electron chi connectivity index (χ0n) is 85.6. The molecule has 28 nitrogen and oxygen atoms in total. The van der Waals surface area contributed by atoms with Crippen molar-refractivity contribution in [2.24, 2.45) is 0 Å². The molecule has 11 rings (SSSR count). The lowest BCUT2D eigenvalue weighted by molar-refractivity contribution is -0.0953. The molecule has 4 aromatic carbocycles. The van der Waals surface area contributed by atoms with Gasteiger partial charge in [-0.05, 0) is 74.2 Å². The quantitative estimate of drug-likeness (QED) is 0.0335. The third kappa shape index (κ3) is 37.2. The van der Waals surface area contributed by atoms with Crippen molar-refractivity contribution in [1.82, 2.24) is 39.9 Å². The minimum Gasteiger partial charge on any atom is -0.487 e. The predicted octanol–water partition coefficient (Wildman–Crippen LogP) is 25.3. The van der Waals surface area contributed by atoms with Crippen LogP contribution in [0.2, 0.25) is 0 Å². The summed E-state index contributed by atoms with van der Waals surface area (Å²) in [6, 6.07) is 16.0. The topological polar surface area (TPSA) is 294 Å². The fraction of sp³-hybridized carbons (Fsp3) is 0.709. The number of aromatic nitrogens is 8. The van der Waals surface area contributed by atoms with E-state index in [1.54, 1.807) is 28.4 Å². The molecule has 0 saturated heterocycles. The Kier molecular flexibility index (Phi) is 52.4. The van der Waals surface area contributed by atoms with Crippen molar-refractivity contribution in [2.45, 2.75) is 322 Å². The van der Waals surface area contributed by atoms with Gasteiger partial charge in [-0.25, -0.2) is 29.9 Å². The van der Waals surface area contributed by atoms with Crippen molar-refractivity contribution >= 4 is 44.1 Å². The Morgan fingerprint density at radius 3 is 0.572 bits per heavy atom. The van der Waals surface area contributed by atoms with E-state index in [0.717, 1.165) is 77.0 Å². The highest BCUT2D eigenvalue weighted by molar-refractivity contribution is 6.08. The number of nitrogens with zero attached hydrogens (tertiary/aromatic N) is 6. The maximum Gasteiger partial charge on any atom is 0.251 e. The van der Waals surface area contributed by atoms with Gasteiger partial charge in [-0.15, -0.1) is 0 Å². The van der Waals surface area contributed by atoms with E-state index in [1.807, 2.05) is 24.3 Å². The highest BCUT2D eigenvalue weighted by Crippen LogP contribution is 2.52. The highest BCUT2D eigenvalue weighted by Gasteiger charge is 2.43. The number of unbranched alkanes of at least 4 members (excludes halogenated alkanes) is 36. The van der Waals surface area contributed by atoms with Crippen LogP contribution in [-0.2, 0) is 56.8 Å². The summed E-state index contributed by atoms with van der Waals surface area (Å²) < 4.78 is 125. The van der Waals surface area contributed by atoms with Crippen molar-refractivity contribution in [3.05, 3.63) is 48.5 Å². The van der Waals surface area contributed by atoms with Crippen molar-refractivity contribution < 1.29 is 94.7 Å². The van der Waals surface area contributed by atoms with Gasteiger partial charge in [0.05, 0.1) is 132 Å². The van der Waals surface area contributed by atoms with Crippen LogP contribution in [0.1, 0.15) is 310 Å². The van der Waals surface area contributed by atoms with Gasteiger partial charge in [0.2, 0.25) is 0 Å².